The van der Waals surface area contributed by atoms with Crippen LogP contribution in [0.25, 0.3) is 0 Å². The van der Waals surface area contributed by atoms with Crippen LogP contribution in [0.3, 0.4) is 0 Å². The molecule has 0 atom stereocenters. The number of para-hydroxylation sites is 1. The summed E-state index contributed by atoms with van der Waals surface area (Å²) < 4.78 is 18.1. The van der Waals surface area contributed by atoms with E-state index in [1.165, 1.54) is 12.1 Å². The van der Waals surface area contributed by atoms with Gasteiger partial charge in [-0.1, -0.05) is 41.4 Å². The molecule has 0 fully saturated rings. The molecule has 0 unspecified atom stereocenters. The van der Waals surface area contributed by atoms with Crippen LogP contribution in [0.4, 0.5) is 10.1 Å². The highest BCUT2D eigenvalue weighted by Crippen LogP contribution is 2.29. The van der Waals surface area contributed by atoms with Crippen molar-refractivity contribution in [1.29, 1.82) is 0 Å². The van der Waals surface area contributed by atoms with E-state index in [0.717, 1.165) is 5.56 Å². The first-order valence-corrected chi connectivity index (χ1v) is 9.51. The maximum atomic E-state index is 13.1. The van der Waals surface area contributed by atoms with Crippen LogP contribution >= 0.6 is 23.2 Å². The lowest BCUT2D eigenvalue weighted by atomic mass is 10.2. The van der Waals surface area contributed by atoms with Crippen molar-refractivity contribution in [2.24, 2.45) is 0 Å². The molecule has 150 valence electrons. The number of halogens is 3. The molecule has 0 heterocycles. The fourth-order valence-electron chi connectivity index (χ4n) is 2.53. The fourth-order valence-corrected chi connectivity index (χ4v) is 3.02. The van der Waals surface area contributed by atoms with Crippen molar-refractivity contribution in [1.82, 2.24) is 4.90 Å². The summed E-state index contributed by atoms with van der Waals surface area (Å²) in [7, 11) is 0. The lowest BCUT2D eigenvalue weighted by molar-refractivity contribution is -0.144. The monoisotopic (exact) mass is 426 g/mol. The fraction of sp³-hybridized carbons (Fsp3) is 0.300. The van der Waals surface area contributed by atoms with Crippen LogP contribution in [-0.4, -0.2) is 36.5 Å². The minimum atomic E-state index is -0.390. The average molecular weight is 427 g/mol. The van der Waals surface area contributed by atoms with Gasteiger partial charge in [0.1, 0.15) is 5.82 Å². The molecule has 0 aliphatic carbocycles. The molecule has 8 heteroatoms. The highest BCUT2D eigenvalue weighted by molar-refractivity contribution is 6.39. The van der Waals surface area contributed by atoms with Gasteiger partial charge >= 0.3 is 5.97 Å². The SMILES string of the molecule is CCOC(=O)CN(CCC(=O)Nc1c(Cl)cccc1Cl)Cc1ccc(F)cc1. The van der Waals surface area contributed by atoms with Crippen molar-refractivity contribution in [2.75, 3.05) is 25.0 Å². The molecular weight excluding hydrogens is 406 g/mol. The Kier molecular flexibility index (Phi) is 8.70. The number of nitrogens with zero attached hydrogens (tertiary/aromatic N) is 1. The topological polar surface area (TPSA) is 58.6 Å². The van der Waals surface area contributed by atoms with E-state index < -0.39 is 0 Å². The highest BCUT2D eigenvalue weighted by Gasteiger charge is 2.15. The molecule has 1 N–H and O–H groups in total. The number of anilines is 1. The van der Waals surface area contributed by atoms with Crippen LogP contribution in [0.1, 0.15) is 18.9 Å². The number of amides is 1. The van der Waals surface area contributed by atoms with Gasteiger partial charge in [0.2, 0.25) is 5.91 Å². The number of carbonyl (C=O) groups is 2. The van der Waals surface area contributed by atoms with Gasteiger partial charge in [-0.15, -0.1) is 0 Å². The standard InChI is InChI=1S/C20H21Cl2FN2O3/c1-2-28-19(27)13-25(12-14-6-8-15(23)9-7-14)11-10-18(26)24-20-16(21)4-3-5-17(20)22/h3-9H,2,10-13H2,1H3,(H,24,26). The summed E-state index contributed by atoms with van der Waals surface area (Å²) in [5.74, 6) is -1.01. The van der Waals surface area contributed by atoms with Gasteiger partial charge in [-0.05, 0) is 36.8 Å². The van der Waals surface area contributed by atoms with E-state index in [4.69, 9.17) is 27.9 Å². The predicted molar refractivity (Wildman–Crippen MR) is 108 cm³/mol. The minimum absolute atomic E-state index is 0.0192. The van der Waals surface area contributed by atoms with Crippen LogP contribution in [-0.2, 0) is 20.9 Å². The molecule has 28 heavy (non-hydrogen) atoms. The largest absolute Gasteiger partial charge is 0.465 e. The number of ether oxygens (including phenoxy) is 1. The van der Waals surface area contributed by atoms with E-state index in [1.54, 1.807) is 42.2 Å². The Labute approximate surface area is 173 Å². The Morgan fingerprint density at radius 1 is 1.11 bits per heavy atom. The molecule has 1 amide bonds. The van der Waals surface area contributed by atoms with E-state index in [0.29, 0.717) is 28.8 Å². The second-order valence-electron chi connectivity index (χ2n) is 6.04. The normalized spacial score (nSPS) is 10.8. The van der Waals surface area contributed by atoms with Crippen molar-refractivity contribution in [3.63, 3.8) is 0 Å². The number of esters is 1. The zero-order valence-corrected chi connectivity index (χ0v) is 16.9. The van der Waals surface area contributed by atoms with Crippen molar-refractivity contribution in [2.45, 2.75) is 19.9 Å². The van der Waals surface area contributed by atoms with Gasteiger partial charge in [0.15, 0.2) is 0 Å². The van der Waals surface area contributed by atoms with Crippen LogP contribution < -0.4 is 5.32 Å². The molecular formula is C20H21Cl2FN2O3. The third-order valence-corrected chi connectivity index (χ3v) is 4.49. The molecule has 5 nitrogen and oxygen atoms in total. The van der Waals surface area contributed by atoms with Crippen LogP contribution in [0.5, 0.6) is 0 Å². The Hall–Kier alpha value is -2.15. The van der Waals surface area contributed by atoms with Crippen molar-refractivity contribution < 1.29 is 18.7 Å². The van der Waals surface area contributed by atoms with Gasteiger partial charge in [-0.25, -0.2) is 4.39 Å². The summed E-state index contributed by atoms with van der Waals surface area (Å²) in [6, 6.07) is 10.9. The number of benzene rings is 2. The quantitative estimate of drug-likeness (QED) is 0.598. The Morgan fingerprint density at radius 2 is 1.75 bits per heavy atom. The highest BCUT2D eigenvalue weighted by atomic mass is 35.5. The van der Waals surface area contributed by atoms with Crippen molar-refractivity contribution in [3.8, 4) is 0 Å². The van der Waals surface area contributed by atoms with E-state index in [9.17, 15) is 14.0 Å². The second-order valence-corrected chi connectivity index (χ2v) is 6.85. The van der Waals surface area contributed by atoms with Gasteiger partial charge < -0.3 is 10.1 Å². The summed E-state index contributed by atoms with van der Waals surface area (Å²) >= 11 is 12.1. The molecule has 0 aliphatic rings. The first-order valence-electron chi connectivity index (χ1n) is 8.75. The number of carbonyl (C=O) groups excluding carboxylic acids is 2. The van der Waals surface area contributed by atoms with E-state index in [-0.39, 0.29) is 37.3 Å². The van der Waals surface area contributed by atoms with Crippen molar-refractivity contribution in [3.05, 3.63) is 63.9 Å². The molecule has 2 aromatic rings. The number of rotatable bonds is 9. The van der Waals surface area contributed by atoms with Crippen molar-refractivity contribution >= 4 is 40.8 Å². The number of hydrogen-bond acceptors (Lipinski definition) is 4. The predicted octanol–water partition coefficient (Wildman–Crippen LogP) is 4.53. The molecule has 0 bridgehead atoms. The molecule has 0 saturated heterocycles. The van der Waals surface area contributed by atoms with Gasteiger partial charge in [-0.2, -0.15) is 0 Å². The van der Waals surface area contributed by atoms with Gasteiger partial charge in [-0.3, -0.25) is 14.5 Å². The van der Waals surface area contributed by atoms with Gasteiger partial charge in [0.25, 0.3) is 0 Å². The molecule has 0 aromatic heterocycles. The van der Waals surface area contributed by atoms with Crippen LogP contribution in [0.15, 0.2) is 42.5 Å². The minimum Gasteiger partial charge on any atom is -0.465 e. The zero-order chi connectivity index (χ0) is 20.5. The molecule has 0 saturated carbocycles. The molecule has 2 rings (SSSR count). The average Bonchev–Trinajstić information content (AvgIpc) is 2.65. The number of nitrogens with one attached hydrogen (secondary N) is 1. The summed E-state index contributed by atoms with van der Waals surface area (Å²) in [5.41, 5.74) is 1.17. The first kappa shape index (κ1) is 22.1. The smallest absolute Gasteiger partial charge is 0.320 e. The van der Waals surface area contributed by atoms with Crippen LogP contribution in [0, 0.1) is 5.82 Å². The van der Waals surface area contributed by atoms with E-state index >= 15 is 0 Å². The molecule has 2 aromatic carbocycles. The van der Waals surface area contributed by atoms with Gasteiger partial charge in [0.05, 0.1) is 28.9 Å². The van der Waals surface area contributed by atoms with E-state index in [1.807, 2.05) is 0 Å². The Balaban J connectivity index is 1.99. The molecule has 0 aliphatic heterocycles. The van der Waals surface area contributed by atoms with Gasteiger partial charge in [0, 0.05) is 19.5 Å². The zero-order valence-electron chi connectivity index (χ0n) is 15.4. The molecule has 0 radical (unpaired) electrons. The lowest BCUT2D eigenvalue weighted by Gasteiger charge is -2.21. The molecule has 0 spiro atoms. The third-order valence-electron chi connectivity index (χ3n) is 3.86. The summed E-state index contributed by atoms with van der Waals surface area (Å²) in [6.07, 6.45) is 0.113. The summed E-state index contributed by atoms with van der Waals surface area (Å²) in [5, 5.41) is 3.37. The Morgan fingerprint density at radius 3 is 2.36 bits per heavy atom. The van der Waals surface area contributed by atoms with Crippen LogP contribution in [0.2, 0.25) is 10.0 Å². The van der Waals surface area contributed by atoms with E-state index in [2.05, 4.69) is 5.32 Å². The summed E-state index contributed by atoms with van der Waals surface area (Å²) in [6.45, 7) is 2.69. The lowest BCUT2D eigenvalue weighted by Crippen LogP contribution is -2.33. The second kappa shape index (κ2) is 11.0. The first-order chi connectivity index (χ1) is 13.4. The Bertz CT molecular complexity index is 795. The maximum Gasteiger partial charge on any atom is 0.320 e. The maximum absolute atomic E-state index is 13.1. The summed E-state index contributed by atoms with van der Waals surface area (Å²) in [4.78, 5) is 25.9. The third kappa shape index (κ3) is 7.11. The number of hydrogen-bond donors (Lipinski definition) is 1.